The Morgan fingerprint density at radius 1 is 1.06 bits per heavy atom. The van der Waals surface area contributed by atoms with Gasteiger partial charge in [-0.1, -0.05) is 71.6 Å². The van der Waals surface area contributed by atoms with Crippen molar-refractivity contribution in [2.24, 2.45) is 45.3 Å². The van der Waals surface area contributed by atoms with Crippen molar-refractivity contribution < 1.29 is 0 Å². The lowest BCUT2D eigenvalue weighted by Gasteiger charge is -2.54. The SMILES string of the molecule is C.C=C1C=CC(C2CCC3(C)C2(C)CCC2C45CCC(CC)CC4CCC253)=CC1.C=CS. The number of hydrogen-bond donors (Lipinski definition) is 1. The summed E-state index contributed by atoms with van der Waals surface area (Å²) in [4.78, 5) is 0. The van der Waals surface area contributed by atoms with Crippen LogP contribution >= 0.6 is 12.6 Å². The molecule has 32 heavy (non-hydrogen) atoms. The molecule has 0 N–H and O–H groups in total. The molecule has 8 unspecified atom stereocenters. The Morgan fingerprint density at radius 2 is 1.81 bits per heavy atom. The third kappa shape index (κ3) is 2.76. The lowest BCUT2D eigenvalue weighted by Crippen LogP contribution is -2.48. The van der Waals surface area contributed by atoms with E-state index in [0.29, 0.717) is 16.2 Å². The summed E-state index contributed by atoms with van der Waals surface area (Å²) in [6, 6.07) is 0. The van der Waals surface area contributed by atoms with Crippen molar-refractivity contribution in [2.75, 3.05) is 0 Å². The van der Waals surface area contributed by atoms with E-state index < -0.39 is 0 Å². The first-order valence-corrected chi connectivity index (χ1v) is 13.7. The maximum atomic E-state index is 4.17. The second kappa shape index (κ2) is 8.21. The second-order valence-electron chi connectivity index (χ2n) is 12.3. The van der Waals surface area contributed by atoms with Crippen LogP contribution in [0.15, 0.2) is 47.9 Å². The first-order chi connectivity index (χ1) is 14.8. The zero-order chi connectivity index (χ0) is 22.1. The van der Waals surface area contributed by atoms with Crippen LogP contribution in [0.1, 0.15) is 98.8 Å². The van der Waals surface area contributed by atoms with E-state index in [-0.39, 0.29) is 7.43 Å². The van der Waals surface area contributed by atoms with E-state index in [1.165, 1.54) is 43.1 Å². The molecular formula is C31H48S. The van der Waals surface area contributed by atoms with Gasteiger partial charge < -0.3 is 0 Å². The van der Waals surface area contributed by atoms with Crippen LogP contribution in [0.3, 0.4) is 0 Å². The summed E-state index contributed by atoms with van der Waals surface area (Å²) in [7, 11) is 0. The molecule has 6 rings (SSSR count). The van der Waals surface area contributed by atoms with Crippen LogP contribution in [0, 0.1) is 45.3 Å². The Balaban J connectivity index is 0.000000582. The molecule has 0 bridgehead atoms. The van der Waals surface area contributed by atoms with Crippen molar-refractivity contribution in [3.63, 3.8) is 0 Å². The van der Waals surface area contributed by atoms with Gasteiger partial charge >= 0.3 is 0 Å². The summed E-state index contributed by atoms with van der Waals surface area (Å²) in [6.45, 7) is 15.4. The van der Waals surface area contributed by atoms with E-state index in [4.69, 9.17) is 0 Å². The normalized spacial score (nSPS) is 49.9. The van der Waals surface area contributed by atoms with Gasteiger partial charge in [0.1, 0.15) is 0 Å². The fourth-order valence-electron chi connectivity index (χ4n) is 10.8. The van der Waals surface area contributed by atoms with Crippen molar-refractivity contribution in [3.05, 3.63) is 47.9 Å². The van der Waals surface area contributed by atoms with Gasteiger partial charge in [-0.2, -0.15) is 12.6 Å². The highest BCUT2D eigenvalue weighted by Gasteiger charge is 2.89. The summed E-state index contributed by atoms with van der Waals surface area (Å²) in [6.07, 6.45) is 23.5. The third-order valence-electron chi connectivity index (χ3n) is 12.2. The highest BCUT2D eigenvalue weighted by molar-refractivity contribution is 7.83. The van der Waals surface area contributed by atoms with Gasteiger partial charge in [0.15, 0.2) is 0 Å². The molecule has 5 fully saturated rings. The molecule has 0 aromatic carbocycles. The standard InChI is InChI=1S/C28H40.C2H4S.CH4/c1-5-20-10-16-27-22(18-20)11-17-28(27)24(27)13-14-25(3)23(12-15-26(25,28)4)21-8-6-19(2)7-9-21;1-2-3;/h6,8-9,20,22-24H,2,5,7,10-18H2,1,3-4H3;2-3H,1H2;1H4. The molecule has 6 aliphatic carbocycles. The average molecular weight is 453 g/mol. The summed E-state index contributed by atoms with van der Waals surface area (Å²) in [5.74, 6) is 3.99. The molecule has 0 radical (unpaired) electrons. The Kier molecular flexibility index (Phi) is 6.27. The summed E-state index contributed by atoms with van der Waals surface area (Å²) in [5.41, 5.74) is 5.51. The number of hydrogen-bond acceptors (Lipinski definition) is 1. The molecule has 0 aliphatic heterocycles. The number of fused-ring (bicyclic) bond motifs is 1. The third-order valence-corrected chi connectivity index (χ3v) is 12.2. The second-order valence-corrected chi connectivity index (χ2v) is 12.7. The van der Waals surface area contributed by atoms with Gasteiger partial charge in [0.05, 0.1) is 0 Å². The monoisotopic (exact) mass is 452 g/mol. The van der Waals surface area contributed by atoms with Gasteiger partial charge in [-0.3, -0.25) is 0 Å². The predicted molar refractivity (Wildman–Crippen MR) is 144 cm³/mol. The molecule has 0 amide bonds. The molecule has 0 aromatic heterocycles. The highest BCUT2D eigenvalue weighted by atomic mass is 32.1. The minimum absolute atomic E-state index is 0. The lowest BCUT2D eigenvalue weighted by atomic mass is 9.50. The lowest BCUT2D eigenvalue weighted by molar-refractivity contribution is -0.0491. The van der Waals surface area contributed by atoms with Crippen LogP contribution in [-0.4, -0.2) is 0 Å². The number of thiol groups is 1. The van der Waals surface area contributed by atoms with Crippen molar-refractivity contribution in [1.29, 1.82) is 0 Å². The van der Waals surface area contributed by atoms with E-state index in [0.717, 1.165) is 35.5 Å². The maximum Gasteiger partial charge on any atom is -0.00974 e. The van der Waals surface area contributed by atoms with Crippen LogP contribution in [0.5, 0.6) is 0 Å². The molecule has 0 heterocycles. The largest absolute Gasteiger partial charge is 0.152 e. The van der Waals surface area contributed by atoms with Gasteiger partial charge in [-0.15, -0.1) is 0 Å². The Labute approximate surface area is 204 Å². The van der Waals surface area contributed by atoms with Gasteiger partial charge in [0, 0.05) is 0 Å². The van der Waals surface area contributed by atoms with Gasteiger partial charge in [0.25, 0.3) is 0 Å². The quantitative estimate of drug-likeness (QED) is 0.396. The molecule has 5 saturated carbocycles. The van der Waals surface area contributed by atoms with Crippen molar-refractivity contribution >= 4 is 12.6 Å². The molecular weight excluding hydrogens is 404 g/mol. The van der Waals surface area contributed by atoms with E-state index in [1.54, 1.807) is 37.7 Å². The van der Waals surface area contributed by atoms with Crippen LogP contribution in [0.25, 0.3) is 0 Å². The minimum atomic E-state index is 0. The van der Waals surface area contributed by atoms with Gasteiger partial charge in [-0.05, 0) is 121 Å². The average Bonchev–Trinajstić information content (AvgIpc) is 3.01. The van der Waals surface area contributed by atoms with E-state index in [9.17, 15) is 0 Å². The minimum Gasteiger partial charge on any atom is -0.152 e. The number of allylic oxidation sites excluding steroid dienone is 5. The Hall–Kier alpha value is -0.690. The van der Waals surface area contributed by atoms with Crippen molar-refractivity contribution in [3.8, 4) is 0 Å². The summed E-state index contributed by atoms with van der Waals surface area (Å²) >= 11 is 3.55. The molecule has 2 spiro atoms. The van der Waals surface area contributed by atoms with Crippen molar-refractivity contribution in [1.82, 2.24) is 0 Å². The van der Waals surface area contributed by atoms with Crippen LogP contribution < -0.4 is 0 Å². The first-order valence-electron chi connectivity index (χ1n) is 13.2. The maximum absolute atomic E-state index is 4.17. The van der Waals surface area contributed by atoms with Gasteiger partial charge in [0.2, 0.25) is 0 Å². The highest BCUT2D eigenvalue weighted by Crippen LogP contribution is 2.95. The molecule has 1 heteroatoms. The molecule has 8 atom stereocenters. The van der Waals surface area contributed by atoms with Gasteiger partial charge in [-0.25, -0.2) is 0 Å². The van der Waals surface area contributed by atoms with Crippen LogP contribution in [0.4, 0.5) is 0 Å². The predicted octanol–water partition coefficient (Wildman–Crippen LogP) is 9.56. The first kappa shape index (κ1) is 24.4. The zero-order valence-electron chi connectivity index (χ0n) is 20.3. The molecule has 0 saturated heterocycles. The fraction of sp³-hybridized carbons (Fsp3) is 0.742. The number of rotatable bonds is 2. The van der Waals surface area contributed by atoms with Crippen LogP contribution in [-0.2, 0) is 0 Å². The molecule has 0 aromatic rings. The molecule has 6 aliphatic rings. The molecule has 0 nitrogen and oxygen atoms in total. The zero-order valence-corrected chi connectivity index (χ0v) is 21.2. The fourth-order valence-corrected chi connectivity index (χ4v) is 10.8. The smallest absolute Gasteiger partial charge is 0.00974 e. The van der Waals surface area contributed by atoms with Crippen molar-refractivity contribution in [2.45, 2.75) is 98.8 Å². The summed E-state index contributed by atoms with van der Waals surface area (Å²) in [5, 5.41) is 1.44. The van der Waals surface area contributed by atoms with E-state index >= 15 is 0 Å². The van der Waals surface area contributed by atoms with E-state index in [1.807, 2.05) is 0 Å². The molecule has 178 valence electrons. The summed E-state index contributed by atoms with van der Waals surface area (Å²) < 4.78 is 0. The topological polar surface area (TPSA) is 0 Å². The van der Waals surface area contributed by atoms with E-state index in [2.05, 4.69) is 64.8 Å². The Bertz CT molecular complexity index is 833. The van der Waals surface area contributed by atoms with Crippen LogP contribution in [0.2, 0.25) is 0 Å². The Morgan fingerprint density at radius 3 is 2.47 bits per heavy atom.